The van der Waals surface area contributed by atoms with E-state index in [1.54, 1.807) is 0 Å². The van der Waals surface area contributed by atoms with E-state index in [1.165, 1.54) is 11.1 Å². The van der Waals surface area contributed by atoms with E-state index < -0.39 is 0 Å². The van der Waals surface area contributed by atoms with Gasteiger partial charge in [0, 0.05) is 11.9 Å². The molecule has 0 unspecified atom stereocenters. The highest BCUT2D eigenvalue weighted by molar-refractivity contribution is 5.87. The smallest absolute Gasteiger partial charge is 0.226 e. The Hall–Kier alpha value is -1.84. The quantitative estimate of drug-likeness (QED) is 0.919. The molecule has 102 valence electrons. The summed E-state index contributed by atoms with van der Waals surface area (Å²) in [6.45, 7) is 8.90. The number of amides is 1. The topological polar surface area (TPSA) is 55.1 Å². The molecule has 1 aromatic heterocycles. The summed E-state index contributed by atoms with van der Waals surface area (Å²) in [5.41, 5.74) is 3.80. The summed E-state index contributed by atoms with van der Waals surface area (Å²) in [5.74, 6) is 0.435. The molecule has 4 heteroatoms. The number of hydrogen-bond acceptors (Lipinski definition) is 3. The second kappa shape index (κ2) is 5.43. The van der Waals surface area contributed by atoms with Gasteiger partial charge in [0.05, 0.1) is 6.42 Å². The molecule has 0 aliphatic carbocycles. The minimum absolute atomic E-state index is 0.0119. The number of carbonyl (C=O) groups excluding carboxylic acids is 1. The van der Waals surface area contributed by atoms with Gasteiger partial charge in [-0.05, 0) is 43.0 Å². The van der Waals surface area contributed by atoms with Crippen LogP contribution >= 0.6 is 0 Å². The van der Waals surface area contributed by atoms with E-state index in [4.69, 9.17) is 4.52 Å². The van der Waals surface area contributed by atoms with Crippen LogP contribution in [-0.2, 0) is 11.2 Å². The molecule has 0 atom stereocenters. The summed E-state index contributed by atoms with van der Waals surface area (Å²) in [7, 11) is 0. The van der Waals surface area contributed by atoms with Gasteiger partial charge in [-0.15, -0.1) is 0 Å². The van der Waals surface area contributed by atoms with Gasteiger partial charge in [0.2, 0.25) is 5.91 Å². The van der Waals surface area contributed by atoms with Gasteiger partial charge in [-0.3, -0.25) is 4.79 Å². The lowest BCUT2D eigenvalue weighted by atomic mass is 10.1. The van der Waals surface area contributed by atoms with Crippen molar-refractivity contribution in [2.45, 2.75) is 34.1 Å². The standard InChI is InChI=1S/C15H20N2O2/c1-9(2)8-16-15(18)7-13-12-5-10(3)11(4)6-14(12)19-17-13/h5-6,9H,7-8H2,1-4H3,(H,16,18). The van der Waals surface area contributed by atoms with Crippen molar-refractivity contribution < 1.29 is 9.32 Å². The Bertz CT molecular complexity index is 599. The molecule has 2 rings (SSSR count). The van der Waals surface area contributed by atoms with Crippen molar-refractivity contribution in [3.63, 3.8) is 0 Å². The van der Waals surface area contributed by atoms with E-state index in [0.29, 0.717) is 18.2 Å². The predicted molar refractivity (Wildman–Crippen MR) is 75.0 cm³/mol. The van der Waals surface area contributed by atoms with Gasteiger partial charge >= 0.3 is 0 Å². The van der Waals surface area contributed by atoms with Gasteiger partial charge in [0.1, 0.15) is 5.69 Å². The minimum Gasteiger partial charge on any atom is -0.356 e. The van der Waals surface area contributed by atoms with E-state index in [-0.39, 0.29) is 12.3 Å². The molecule has 19 heavy (non-hydrogen) atoms. The average Bonchev–Trinajstić information content (AvgIpc) is 2.70. The number of rotatable bonds is 4. The van der Waals surface area contributed by atoms with Crippen LogP contribution in [0.15, 0.2) is 16.7 Å². The SMILES string of the molecule is Cc1cc2onc(CC(=O)NCC(C)C)c2cc1C. The zero-order valence-electron chi connectivity index (χ0n) is 11.9. The number of nitrogens with zero attached hydrogens (tertiary/aromatic N) is 1. The van der Waals surface area contributed by atoms with E-state index >= 15 is 0 Å². The number of fused-ring (bicyclic) bond motifs is 1. The molecule has 4 nitrogen and oxygen atoms in total. The second-order valence-corrected chi connectivity index (χ2v) is 5.44. The van der Waals surface area contributed by atoms with Crippen LogP contribution in [0.4, 0.5) is 0 Å². The molecule has 0 spiro atoms. The molecule has 2 aromatic rings. The molecule has 0 aliphatic heterocycles. The van der Waals surface area contributed by atoms with Crippen molar-refractivity contribution in [1.82, 2.24) is 10.5 Å². The number of aryl methyl sites for hydroxylation is 2. The molecule has 0 aliphatic rings. The first-order valence-corrected chi connectivity index (χ1v) is 6.59. The summed E-state index contributed by atoms with van der Waals surface area (Å²) in [5, 5.41) is 7.83. The molecule has 0 fully saturated rings. The largest absolute Gasteiger partial charge is 0.356 e. The van der Waals surface area contributed by atoms with Crippen LogP contribution in [0.25, 0.3) is 11.0 Å². The fourth-order valence-corrected chi connectivity index (χ4v) is 1.90. The van der Waals surface area contributed by atoms with Crippen molar-refractivity contribution in [2.24, 2.45) is 5.92 Å². The van der Waals surface area contributed by atoms with Gasteiger partial charge in [-0.2, -0.15) is 0 Å². The molecule has 1 amide bonds. The Balaban J connectivity index is 2.17. The highest BCUT2D eigenvalue weighted by atomic mass is 16.5. The number of carbonyl (C=O) groups is 1. The van der Waals surface area contributed by atoms with Crippen molar-refractivity contribution in [3.05, 3.63) is 29.0 Å². The van der Waals surface area contributed by atoms with E-state index in [0.717, 1.165) is 11.0 Å². The Morgan fingerprint density at radius 1 is 1.32 bits per heavy atom. The van der Waals surface area contributed by atoms with E-state index in [1.807, 2.05) is 26.0 Å². The van der Waals surface area contributed by atoms with Crippen LogP contribution < -0.4 is 5.32 Å². The van der Waals surface area contributed by atoms with Crippen LogP contribution in [-0.4, -0.2) is 17.6 Å². The summed E-state index contributed by atoms with van der Waals surface area (Å²) in [4.78, 5) is 11.8. The number of benzene rings is 1. The Morgan fingerprint density at radius 3 is 2.68 bits per heavy atom. The molecule has 1 N–H and O–H groups in total. The van der Waals surface area contributed by atoms with Crippen molar-refractivity contribution >= 4 is 16.9 Å². The Labute approximate surface area is 113 Å². The summed E-state index contributed by atoms with van der Waals surface area (Å²) >= 11 is 0. The van der Waals surface area contributed by atoms with Crippen molar-refractivity contribution in [2.75, 3.05) is 6.54 Å². The molecule has 0 bridgehead atoms. The van der Waals surface area contributed by atoms with Gasteiger partial charge in [0.15, 0.2) is 5.58 Å². The number of hydrogen-bond donors (Lipinski definition) is 1. The predicted octanol–water partition coefficient (Wildman–Crippen LogP) is 2.76. The number of nitrogens with one attached hydrogen (secondary N) is 1. The summed E-state index contributed by atoms with van der Waals surface area (Å²) in [6.07, 6.45) is 0.266. The molecular weight excluding hydrogens is 240 g/mol. The van der Waals surface area contributed by atoms with Crippen LogP contribution in [0.5, 0.6) is 0 Å². The van der Waals surface area contributed by atoms with Crippen LogP contribution in [0.1, 0.15) is 30.7 Å². The van der Waals surface area contributed by atoms with Gasteiger partial charge < -0.3 is 9.84 Å². The van der Waals surface area contributed by atoms with E-state index in [2.05, 4.69) is 24.3 Å². The summed E-state index contributed by atoms with van der Waals surface area (Å²) < 4.78 is 5.28. The number of aromatic nitrogens is 1. The third-order valence-corrected chi connectivity index (χ3v) is 3.20. The second-order valence-electron chi connectivity index (χ2n) is 5.44. The maximum atomic E-state index is 11.8. The molecule has 0 saturated heterocycles. The minimum atomic E-state index is -0.0119. The first-order valence-electron chi connectivity index (χ1n) is 6.59. The lowest BCUT2D eigenvalue weighted by Crippen LogP contribution is -2.28. The van der Waals surface area contributed by atoms with Crippen molar-refractivity contribution in [1.29, 1.82) is 0 Å². The van der Waals surface area contributed by atoms with Crippen molar-refractivity contribution in [3.8, 4) is 0 Å². The summed E-state index contributed by atoms with van der Waals surface area (Å²) in [6, 6.07) is 4.00. The van der Waals surface area contributed by atoms with Crippen LogP contribution in [0.2, 0.25) is 0 Å². The maximum Gasteiger partial charge on any atom is 0.226 e. The average molecular weight is 260 g/mol. The van der Waals surface area contributed by atoms with Crippen LogP contribution in [0.3, 0.4) is 0 Å². The fourth-order valence-electron chi connectivity index (χ4n) is 1.90. The first-order chi connectivity index (χ1) is 8.97. The third-order valence-electron chi connectivity index (χ3n) is 3.20. The zero-order chi connectivity index (χ0) is 14.0. The van der Waals surface area contributed by atoms with Gasteiger partial charge in [-0.25, -0.2) is 0 Å². The lowest BCUT2D eigenvalue weighted by Gasteiger charge is -2.06. The van der Waals surface area contributed by atoms with Gasteiger partial charge in [0.25, 0.3) is 0 Å². The fraction of sp³-hybridized carbons (Fsp3) is 0.467. The molecule has 1 aromatic carbocycles. The Kier molecular flexibility index (Phi) is 3.88. The highest BCUT2D eigenvalue weighted by Crippen LogP contribution is 2.22. The molecular formula is C15H20N2O2. The molecule has 1 heterocycles. The molecule has 0 saturated carbocycles. The zero-order valence-corrected chi connectivity index (χ0v) is 11.9. The molecule has 0 radical (unpaired) electrons. The van der Waals surface area contributed by atoms with E-state index in [9.17, 15) is 4.79 Å². The third kappa shape index (κ3) is 3.13. The first kappa shape index (κ1) is 13.6. The highest BCUT2D eigenvalue weighted by Gasteiger charge is 2.13. The van der Waals surface area contributed by atoms with Gasteiger partial charge in [-0.1, -0.05) is 19.0 Å². The lowest BCUT2D eigenvalue weighted by molar-refractivity contribution is -0.120. The monoisotopic (exact) mass is 260 g/mol. The van der Waals surface area contributed by atoms with Crippen LogP contribution in [0, 0.1) is 19.8 Å². The normalized spacial score (nSPS) is 11.2. The maximum absolute atomic E-state index is 11.8. The Morgan fingerprint density at radius 2 is 2.00 bits per heavy atom.